The van der Waals surface area contributed by atoms with Gasteiger partial charge in [0, 0.05) is 0 Å². The highest BCUT2D eigenvalue weighted by Crippen LogP contribution is 2.69. The summed E-state index contributed by atoms with van der Waals surface area (Å²) in [4.78, 5) is 11.4. The first-order chi connectivity index (χ1) is 14.1. The zero-order chi connectivity index (χ0) is 21.9. The zero-order valence-electron chi connectivity index (χ0n) is 19.3. The van der Waals surface area contributed by atoms with Crippen LogP contribution in [0.25, 0.3) is 0 Å². The van der Waals surface area contributed by atoms with Crippen molar-refractivity contribution >= 4 is 21.7 Å². The van der Waals surface area contributed by atoms with Crippen molar-refractivity contribution in [1.82, 2.24) is 0 Å². The fourth-order valence-electron chi connectivity index (χ4n) is 9.14. The molecular weight excluding hydrogens is 370 g/mol. The smallest absolute Gasteiger partial charge is 0.292 e. The zero-order valence-corrected chi connectivity index (χ0v) is 19.3. The predicted molar refractivity (Wildman–Crippen MR) is 121 cm³/mol. The maximum absolute atomic E-state index is 11.7. The lowest BCUT2D eigenvalue weighted by Gasteiger charge is -2.64. The molecule has 5 heteroatoms. The van der Waals surface area contributed by atoms with Gasteiger partial charge in [-0.15, -0.1) is 0 Å². The number of carboxylic acids is 1. The summed E-state index contributed by atoms with van der Waals surface area (Å²) in [7, 11) is 11.7. The van der Waals surface area contributed by atoms with Gasteiger partial charge in [0.05, 0.1) is 21.8 Å². The Morgan fingerprint density at radius 1 is 1.00 bits per heavy atom. The van der Waals surface area contributed by atoms with E-state index in [-0.39, 0.29) is 11.5 Å². The first kappa shape index (κ1) is 22.7. The van der Waals surface area contributed by atoms with Crippen LogP contribution in [0.4, 0.5) is 0 Å². The van der Waals surface area contributed by atoms with Crippen molar-refractivity contribution in [3.05, 3.63) is 0 Å². The summed E-state index contributed by atoms with van der Waals surface area (Å²) in [5, 5.41) is 19.4. The van der Waals surface area contributed by atoms with Crippen LogP contribution in [0.15, 0.2) is 0 Å². The molecule has 0 saturated heterocycles. The number of carboxylic acid groups (broad SMARTS) is 1. The Kier molecular flexibility index (Phi) is 5.95. The van der Waals surface area contributed by atoms with E-state index in [1.807, 2.05) is 0 Å². The molecule has 0 heterocycles. The molecule has 0 spiro atoms. The summed E-state index contributed by atoms with van der Waals surface area (Å²) >= 11 is 0. The molecule has 2 N–H and O–H groups in total. The Hall–Kier alpha value is -0.440. The van der Waals surface area contributed by atoms with Gasteiger partial charge in [-0.2, -0.15) is 0 Å². The average molecular weight is 410 g/mol. The molecule has 3 nitrogen and oxygen atoms in total. The summed E-state index contributed by atoms with van der Waals surface area (Å²) in [5.74, 6) is 2.04. The molecule has 4 radical (unpaired) electrons. The molecule has 4 aliphatic rings. The first-order valence-corrected chi connectivity index (χ1v) is 12.6. The summed E-state index contributed by atoms with van der Waals surface area (Å²) in [6.07, 6.45) is 12.0. The molecule has 0 amide bonds. The van der Waals surface area contributed by atoms with Crippen molar-refractivity contribution in [3.8, 4) is 0 Å². The van der Waals surface area contributed by atoms with Crippen LogP contribution in [-0.4, -0.2) is 38.0 Å². The van der Waals surface area contributed by atoms with E-state index in [1.54, 1.807) is 0 Å². The second-order valence-electron chi connectivity index (χ2n) is 11.9. The normalized spacial score (nSPS) is 48.5. The van der Waals surface area contributed by atoms with Crippen LogP contribution in [0.5, 0.6) is 0 Å². The molecular formula is C25H40B2O3. The van der Waals surface area contributed by atoms with Gasteiger partial charge in [-0.25, -0.2) is 0 Å². The van der Waals surface area contributed by atoms with Gasteiger partial charge in [0.1, 0.15) is 0 Å². The van der Waals surface area contributed by atoms with Crippen molar-refractivity contribution in [2.75, 3.05) is 0 Å². The minimum absolute atomic E-state index is 0.173. The van der Waals surface area contributed by atoms with Gasteiger partial charge in [0.25, 0.3) is 5.97 Å². The number of rotatable bonds is 5. The summed E-state index contributed by atoms with van der Waals surface area (Å²) in [5.41, 5.74) is 0.558. The third-order valence-corrected chi connectivity index (χ3v) is 10.8. The van der Waals surface area contributed by atoms with Gasteiger partial charge in [-0.05, 0) is 90.1 Å². The fraction of sp³-hybridized carbons (Fsp3) is 0.960. The third-order valence-electron chi connectivity index (χ3n) is 10.8. The molecule has 4 aliphatic carbocycles. The number of carbonyl (C=O) groups is 1. The quantitative estimate of drug-likeness (QED) is 0.630. The molecule has 4 saturated carbocycles. The standard InChI is InChI=1S/C25H40B2O3/c1-4-16-17-7-5-6-12-24(17,3)19-11-13-23(2)15(10-14-25(26,27)22(29)30)8-9-18(23)20(19)21(16)28/h15-21,28H,4-14H2,1-3H3,(H,29,30)/t15?,16-,17?,18?,19+,20?,21?,23?,24?/m1/s1. The van der Waals surface area contributed by atoms with E-state index in [9.17, 15) is 15.0 Å². The number of aliphatic hydroxyl groups is 1. The number of aliphatic hydroxyl groups excluding tert-OH is 1. The Morgan fingerprint density at radius 2 is 1.70 bits per heavy atom. The maximum atomic E-state index is 11.7. The van der Waals surface area contributed by atoms with Crippen LogP contribution in [-0.2, 0) is 4.79 Å². The Bertz CT molecular complexity index is 667. The molecule has 0 aliphatic heterocycles. The van der Waals surface area contributed by atoms with Crippen molar-refractivity contribution in [1.29, 1.82) is 0 Å². The Morgan fingerprint density at radius 3 is 2.37 bits per heavy atom. The van der Waals surface area contributed by atoms with Gasteiger partial charge in [-0.1, -0.05) is 52.9 Å². The maximum Gasteiger partial charge on any atom is 0.292 e. The highest BCUT2D eigenvalue weighted by Gasteiger charge is 2.63. The predicted octanol–water partition coefficient (Wildman–Crippen LogP) is 4.96. The van der Waals surface area contributed by atoms with Crippen LogP contribution in [0.3, 0.4) is 0 Å². The van der Waals surface area contributed by atoms with Gasteiger partial charge < -0.3 is 10.2 Å². The molecule has 30 heavy (non-hydrogen) atoms. The number of aliphatic carboxylic acids is 1. The minimum atomic E-state index is -1.63. The van der Waals surface area contributed by atoms with Gasteiger partial charge in [0.2, 0.25) is 0 Å². The Balaban J connectivity index is 1.58. The molecule has 0 bridgehead atoms. The number of hydrogen-bond acceptors (Lipinski definition) is 2. The largest absolute Gasteiger partial charge is 0.482 e. The topological polar surface area (TPSA) is 57.5 Å². The minimum Gasteiger partial charge on any atom is -0.482 e. The van der Waals surface area contributed by atoms with Crippen LogP contribution in [0.2, 0.25) is 5.21 Å². The van der Waals surface area contributed by atoms with Crippen molar-refractivity contribution < 1.29 is 15.0 Å². The lowest BCUT2D eigenvalue weighted by Crippen LogP contribution is -2.61. The summed E-state index contributed by atoms with van der Waals surface area (Å²) in [6.45, 7) is 7.25. The SMILES string of the molecule is [B]C([B])(CCC1CCC2C3C(O)[C@H](CC)C4CCCCC4(C)[C@H]3CCC12C)C(=O)O. The number of hydrogen-bond donors (Lipinski definition) is 2. The van der Waals surface area contributed by atoms with Crippen LogP contribution in [0, 0.1) is 46.3 Å². The van der Waals surface area contributed by atoms with E-state index in [2.05, 4.69) is 20.8 Å². The molecule has 0 aromatic rings. The molecule has 4 fully saturated rings. The van der Waals surface area contributed by atoms with Gasteiger partial charge in [0.15, 0.2) is 0 Å². The van der Waals surface area contributed by atoms with E-state index in [1.165, 1.54) is 38.5 Å². The van der Waals surface area contributed by atoms with Crippen molar-refractivity contribution in [3.63, 3.8) is 0 Å². The molecule has 9 atom stereocenters. The van der Waals surface area contributed by atoms with Crippen LogP contribution >= 0.6 is 0 Å². The fourth-order valence-corrected chi connectivity index (χ4v) is 9.14. The number of fused-ring (bicyclic) bond motifs is 5. The Labute approximate surface area is 186 Å². The highest BCUT2D eigenvalue weighted by molar-refractivity contribution is 6.49. The van der Waals surface area contributed by atoms with Gasteiger partial charge in [-0.3, -0.25) is 4.79 Å². The second-order valence-corrected chi connectivity index (χ2v) is 11.9. The molecule has 0 aromatic heterocycles. The second kappa shape index (κ2) is 7.85. The van der Waals surface area contributed by atoms with E-state index in [0.717, 1.165) is 25.7 Å². The summed E-state index contributed by atoms with van der Waals surface area (Å²) < 4.78 is 0. The van der Waals surface area contributed by atoms with E-state index in [4.69, 9.17) is 15.7 Å². The molecule has 0 aromatic carbocycles. The average Bonchev–Trinajstić information content (AvgIpc) is 3.03. The molecule has 4 rings (SSSR count). The van der Waals surface area contributed by atoms with E-state index >= 15 is 0 Å². The molecule has 7 unspecified atom stereocenters. The van der Waals surface area contributed by atoms with Crippen molar-refractivity contribution in [2.45, 2.75) is 103 Å². The lowest BCUT2D eigenvalue weighted by atomic mass is 9.41. The highest BCUT2D eigenvalue weighted by atomic mass is 16.4. The molecule has 164 valence electrons. The lowest BCUT2D eigenvalue weighted by molar-refractivity contribution is -0.193. The van der Waals surface area contributed by atoms with Crippen LogP contribution < -0.4 is 0 Å². The first-order valence-electron chi connectivity index (χ1n) is 12.6. The monoisotopic (exact) mass is 410 g/mol. The third kappa shape index (κ3) is 3.32. The van der Waals surface area contributed by atoms with Crippen molar-refractivity contribution in [2.24, 2.45) is 46.3 Å². The van der Waals surface area contributed by atoms with Crippen LogP contribution in [0.1, 0.15) is 91.4 Å². The summed E-state index contributed by atoms with van der Waals surface area (Å²) in [6, 6.07) is 0. The van der Waals surface area contributed by atoms with E-state index in [0.29, 0.717) is 47.3 Å². The van der Waals surface area contributed by atoms with E-state index < -0.39 is 11.2 Å². The van der Waals surface area contributed by atoms with Gasteiger partial charge >= 0.3 is 0 Å².